The zero-order valence-electron chi connectivity index (χ0n) is 16.2. The Balaban J connectivity index is 1.42. The van der Waals surface area contributed by atoms with E-state index in [4.69, 9.17) is 0 Å². The van der Waals surface area contributed by atoms with Crippen molar-refractivity contribution >= 4 is 11.6 Å². The molecule has 27 heavy (non-hydrogen) atoms. The summed E-state index contributed by atoms with van der Waals surface area (Å²) >= 11 is 0. The third-order valence-electron chi connectivity index (χ3n) is 6.19. The Labute approximate surface area is 162 Å². The van der Waals surface area contributed by atoms with Gasteiger partial charge in [0.25, 0.3) is 0 Å². The number of hydrogen-bond donors (Lipinski definition) is 1. The fourth-order valence-electron chi connectivity index (χ4n) is 4.57. The molecule has 1 aromatic carbocycles. The molecule has 4 rings (SSSR count). The molecule has 2 fully saturated rings. The molecule has 1 atom stereocenters. The molecular formula is C22H30N4O. The number of hydrogen-bond acceptors (Lipinski definition) is 5. The van der Waals surface area contributed by atoms with Crippen LogP contribution < -0.4 is 9.80 Å². The summed E-state index contributed by atoms with van der Waals surface area (Å²) in [5.41, 5.74) is 2.91. The topological polar surface area (TPSA) is 52.5 Å². The van der Waals surface area contributed by atoms with Gasteiger partial charge >= 0.3 is 0 Å². The number of rotatable bonds is 4. The normalized spacial score (nSPS) is 21.5. The van der Waals surface area contributed by atoms with Crippen LogP contribution in [-0.4, -0.2) is 47.9 Å². The van der Waals surface area contributed by atoms with Crippen molar-refractivity contribution in [3.8, 4) is 0 Å². The average molecular weight is 367 g/mol. The molecule has 5 heteroatoms. The number of benzene rings is 1. The van der Waals surface area contributed by atoms with Crippen LogP contribution >= 0.6 is 0 Å². The van der Waals surface area contributed by atoms with E-state index in [2.05, 4.69) is 57.0 Å². The molecule has 0 radical (unpaired) electrons. The second kappa shape index (κ2) is 8.26. The summed E-state index contributed by atoms with van der Waals surface area (Å²) in [7, 11) is 0. The SMILES string of the molecule is Cc1ccccc1C1CCN(c2cc(N3CCCC(CO)C3)ncn2)CC1. The molecular weight excluding hydrogens is 336 g/mol. The molecule has 2 aliphatic rings. The van der Waals surface area contributed by atoms with Crippen molar-refractivity contribution in [3.05, 3.63) is 47.8 Å². The number of aliphatic hydroxyl groups excluding tert-OH is 1. The molecule has 3 heterocycles. The first-order valence-electron chi connectivity index (χ1n) is 10.2. The predicted octanol–water partition coefficient (Wildman–Crippen LogP) is 3.38. The third-order valence-corrected chi connectivity index (χ3v) is 6.19. The van der Waals surface area contributed by atoms with Gasteiger partial charge in [-0.05, 0) is 55.6 Å². The average Bonchev–Trinajstić information content (AvgIpc) is 2.74. The lowest BCUT2D eigenvalue weighted by Gasteiger charge is -2.35. The molecule has 5 nitrogen and oxygen atoms in total. The summed E-state index contributed by atoms with van der Waals surface area (Å²) in [4.78, 5) is 13.8. The minimum absolute atomic E-state index is 0.265. The molecule has 1 N–H and O–H groups in total. The monoisotopic (exact) mass is 366 g/mol. The number of nitrogens with zero attached hydrogens (tertiary/aromatic N) is 4. The van der Waals surface area contributed by atoms with Crippen LogP contribution in [0.25, 0.3) is 0 Å². The highest BCUT2D eigenvalue weighted by Crippen LogP contribution is 2.32. The Morgan fingerprint density at radius 1 is 1.00 bits per heavy atom. The van der Waals surface area contributed by atoms with Gasteiger partial charge in [0.15, 0.2) is 0 Å². The highest BCUT2D eigenvalue weighted by Gasteiger charge is 2.24. The number of aryl methyl sites for hydroxylation is 1. The van der Waals surface area contributed by atoms with Crippen LogP contribution in [0, 0.1) is 12.8 Å². The molecule has 144 valence electrons. The molecule has 1 aromatic heterocycles. The minimum Gasteiger partial charge on any atom is -0.396 e. The van der Waals surface area contributed by atoms with E-state index in [0.717, 1.165) is 50.7 Å². The minimum atomic E-state index is 0.265. The van der Waals surface area contributed by atoms with Crippen molar-refractivity contribution in [3.63, 3.8) is 0 Å². The molecule has 2 saturated heterocycles. The molecule has 0 aliphatic carbocycles. The van der Waals surface area contributed by atoms with Crippen LogP contribution in [0.15, 0.2) is 36.7 Å². The highest BCUT2D eigenvalue weighted by molar-refractivity contribution is 5.51. The van der Waals surface area contributed by atoms with Gasteiger partial charge in [-0.3, -0.25) is 0 Å². The maximum Gasteiger partial charge on any atom is 0.134 e. The first-order chi connectivity index (χ1) is 13.2. The van der Waals surface area contributed by atoms with Crippen LogP contribution in [-0.2, 0) is 0 Å². The lowest BCUT2D eigenvalue weighted by atomic mass is 9.87. The van der Waals surface area contributed by atoms with Gasteiger partial charge in [-0.25, -0.2) is 9.97 Å². The summed E-state index contributed by atoms with van der Waals surface area (Å²) in [6.07, 6.45) is 6.26. The smallest absolute Gasteiger partial charge is 0.134 e. The predicted molar refractivity (Wildman–Crippen MR) is 109 cm³/mol. The first kappa shape index (κ1) is 18.2. The van der Waals surface area contributed by atoms with Gasteiger partial charge in [0.05, 0.1) is 0 Å². The number of aliphatic hydroxyl groups is 1. The van der Waals surface area contributed by atoms with E-state index in [0.29, 0.717) is 11.8 Å². The molecule has 2 aromatic rings. The van der Waals surface area contributed by atoms with E-state index in [1.54, 1.807) is 6.33 Å². The third kappa shape index (κ3) is 4.08. The Morgan fingerprint density at radius 3 is 2.48 bits per heavy atom. The van der Waals surface area contributed by atoms with E-state index in [-0.39, 0.29) is 6.61 Å². The van der Waals surface area contributed by atoms with Gasteiger partial charge in [0, 0.05) is 38.9 Å². The van der Waals surface area contributed by atoms with E-state index < -0.39 is 0 Å². The van der Waals surface area contributed by atoms with E-state index >= 15 is 0 Å². The quantitative estimate of drug-likeness (QED) is 0.899. The Kier molecular flexibility index (Phi) is 5.58. The molecule has 0 saturated carbocycles. The van der Waals surface area contributed by atoms with Gasteiger partial charge in [0.2, 0.25) is 0 Å². The zero-order valence-corrected chi connectivity index (χ0v) is 16.2. The fraction of sp³-hybridized carbons (Fsp3) is 0.545. The van der Waals surface area contributed by atoms with Crippen molar-refractivity contribution in [2.45, 2.75) is 38.5 Å². The van der Waals surface area contributed by atoms with Gasteiger partial charge in [0.1, 0.15) is 18.0 Å². The van der Waals surface area contributed by atoms with Crippen LogP contribution in [0.4, 0.5) is 11.6 Å². The molecule has 2 aliphatic heterocycles. The maximum absolute atomic E-state index is 9.48. The first-order valence-corrected chi connectivity index (χ1v) is 10.2. The summed E-state index contributed by atoms with van der Waals surface area (Å²) in [5.74, 6) is 3.05. The van der Waals surface area contributed by atoms with Gasteiger partial charge in [-0.15, -0.1) is 0 Å². The Morgan fingerprint density at radius 2 is 1.74 bits per heavy atom. The van der Waals surface area contributed by atoms with Gasteiger partial charge in [-0.2, -0.15) is 0 Å². The highest BCUT2D eigenvalue weighted by atomic mass is 16.3. The van der Waals surface area contributed by atoms with Crippen LogP contribution in [0.5, 0.6) is 0 Å². The second-order valence-corrected chi connectivity index (χ2v) is 7.99. The summed E-state index contributed by atoms with van der Waals surface area (Å²) in [6.45, 7) is 6.46. The Bertz CT molecular complexity index is 757. The second-order valence-electron chi connectivity index (χ2n) is 7.99. The summed E-state index contributed by atoms with van der Waals surface area (Å²) in [5, 5.41) is 9.48. The fourth-order valence-corrected chi connectivity index (χ4v) is 4.57. The molecule has 0 bridgehead atoms. The van der Waals surface area contributed by atoms with Crippen LogP contribution in [0.1, 0.15) is 42.7 Å². The zero-order chi connectivity index (χ0) is 18.6. The summed E-state index contributed by atoms with van der Waals surface area (Å²) < 4.78 is 0. The molecule has 0 amide bonds. The molecule has 0 spiro atoms. The van der Waals surface area contributed by atoms with E-state index in [1.807, 2.05) is 0 Å². The van der Waals surface area contributed by atoms with Crippen molar-refractivity contribution in [1.82, 2.24) is 9.97 Å². The maximum atomic E-state index is 9.48. The lowest BCUT2D eigenvalue weighted by Crippen LogP contribution is -2.38. The van der Waals surface area contributed by atoms with Crippen molar-refractivity contribution < 1.29 is 5.11 Å². The van der Waals surface area contributed by atoms with Crippen molar-refractivity contribution in [2.24, 2.45) is 5.92 Å². The lowest BCUT2D eigenvalue weighted by molar-refractivity contribution is 0.208. The van der Waals surface area contributed by atoms with Gasteiger partial charge < -0.3 is 14.9 Å². The van der Waals surface area contributed by atoms with Crippen molar-refractivity contribution in [1.29, 1.82) is 0 Å². The van der Waals surface area contributed by atoms with E-state index in [9.17, 15) is 5.11 Å². The van der Waals surface area contributed by atoms with E-state index in [1.165, 1.54) is 24.0 Å². The van der Waals surface area contributed by atoms with Gasteiger partial charge in [-0.1, -0.05) is 24.3 Å². The van der Waals surface area contributed by atoms with Crippen molar-refractivity contribution in [2.75, 3.05) is 42.6 Å². The van der Waals surface area contributed by atoms with Crippen LogP contribution in [0.3, 0.4) is 0 Å². The number of aromatic nitrogens is 2. The summed E-state index contributed by atoms with van der Waals surface area (Å²) in [6, 6.07) is 10.9. The standard InChI is InChI=1S/C22H30N4O/c1-17-5-2-3-7-20(17)19-8-11-25(12-9-19)21-13-22(24-16-23-21)26-10-4-6-18(14-26)15-27/h2-3,5,7,13,16,18-19,27H,4,6,8-12,14-15H2,1H3. The van der Waals surface area contributed by atoms with Crippen LogP contribution in [0.2, 0.25) is 0 Å². The Hall–Kier alpha value is -2.14. The number of anilines is 2. The molecule has 1 unspecified atom stereocenters. The number of piperidine rings is 2. The largest absolute Gasteiger partial charge is 0.396 e.